The van der Waals surface area contributed by atoms with E-state index in [9.17, 15) is 9.18 Å². The summed E-state index contributed by atoms with van der Waals surface area (Å²) in [7, 11) is 1.27. The maximum atomic E-state index is 14.1. The zero-order valence-corrected chi connectivity index (χ0v) is 14.2. The van der Waals surface area contributed by atoms with Crippen LogP contribution in [-0.4, -0.2) is 13.1 Å². The minimum absolute atomic E-state index is 0.230. The number of halogens is 3. The number of carbonyl (C=O) groups excluding carboxylic acids is 1. The smallest absolute Gasteiger partial charge is 0.333 e. The summed E-state index contributed by atoms with van der Waals surface area (Å²) in [6.45, 7) is 0. The molecule has 2 aromatic carbocycles. The molecule has 0 aliphatic rings. The number of carbonyl (C=O) groups is 1. The summed E-state index contributed by atoms with van der Waals surface area (Å²) in [4.78, 5) is 11.9. The molecule has 2 aromatic rings. The molecule has 1 N–H and O–H groups in total. The van der Waals surface area contributed by atoms with Crippen molar-refractivity contribution >= 4 is 43.5 Å². The van der Waals surface area contributed by atoms with Gasteiger partial charge in [0.1, 0.15) is 5.82 Å². The molecule has 0 aromatic heterocycles. The fourth-order valence-electron chi connectivity index (χ4n) is 1.83. The number of nitrogens with one attached hydrogen (secondary N) is 1. The number of anilines is 1. The van der Waals surface area contributed by atoms with E-state index in [0.29, 0.717) is 10.2 Å². The highest BCUT2D eigenvalue weighted by atomic mass is 79.9. The Labute approximate surface area is 138 Å². The van der Waals surface area contributed by atoms with Gasteiger partial charge < -0.3 is 10.1 Å². The molecule has 0 spiro atoms. The standard InChI is InChI=1S/C15H12Br2FNO2/c1-21-15(20)14(12-7-4-10(17)8-13(12)18)19-11-5-2-9(16)3-6-11/h2-8,14,19H,1H3. The van der Waals surface area contributed by atoms with Gasteiger partial charge in [-0.05, 0) is 36.4 Å². The fourth-order valence-corrected chi connectivity index (χ4v) is 2.43. The van der Waals surface area contributed by atoms with Crippen LogP contribution in [0.15, 0.2) is 51.4 Å². The molecule has 3 nitrogen and oxygen atoms in total. The summed E-state index contributed by atoms with van der Waals surface area (Å²) in [5, 5.41) is 2.98. The van der Waals surface area contributed by atoms with Crippen molar-refractivity contribution in [1.82, 2.24) is 0 Å². The van der Waals surface area contributed by atoms with Crippen molar-refractivity contribution in [2.75, 3.05) is 12.4 Å². The van der Waals surface area contributed by atoms with Gasteiger partial charge in [-0.3, -0.25) is 0 Å². The number of ether oxygens (including phenoxy) is 1. The van der Waals surface area contributed by atoms with E-state index in [-0.39, 0.29) is 5.56 Å². The van der Waals surface area contributed by atoms with E-state index in [2.05, 4.69) is 37.2 Å². The minimum atomic E-state index is -0.913. The molecule has 0 fully saturated rings. The van der Waals surface area contributed by atoms with Crippen molar-refractivity contribution in [2.45, 2.75) is 6.04 Å². The predicted octanol–water partition coefficient (Wildman–Crippen LogP) is 4.68. The first kappa shape index (κ1) is 16.0. The van der Waals surface area contributed by atoms with Crippen molar-refractivity contribution in [3.63, 3.8) is 0 Å². The molecule has 2 rings (SSSR count). The van der Waals surface area contributed by atoms with Crippen LogP contribution in [0.2, 0.25) is 0 Å². The van der Waals surface area contributed by atoms with Gasteiger partial charge in [-0.2, -0.15) is 0 Å². The number of rotatable bonds is 4. The second-order valence-corrected chi connectivity index (χ2v) is 6.10. The van der Waals surface area contributed by atoms with Gasteiger partial charge in [-0.15, -0.1) is 0 Å². The Bertz CT molecular complexity index is 647. The van der Waals surface area contributed by atoms with Gasteiger partial charge in [0.05, 0.1) is 7.11 Å². The minimum Gasteiger partial charge on any atom is -0.467 e. The van der Waals surface area contributed by atoms with Crippen molar-refractivity contribution in [1.29, 1.82) is 0 Å². The third kappa shape index (κ3) is 4.04. The third-order valence-corrected chi connectivity index (χ3v) is 3.89. The number of benzene rings is 2. The molecule has 1 unspecified atom stereocenters. The van der Waals surface area contributed by atoms with E-state index in [1.165, 1.54) is 13.2 Å². The van der Waals surface area contributed by atoms with Gasteiger partial charge in [0, 0.05) is 20.2 Å². The number of hydrogen-bond donors (Lipinski definition) is 1. The molecular formula is C15H12Br2FNO2. The van der Waals surface area contributed by atoms with Crippen LogP contribution in [0.3, 0.4) is 0 Å². The molecular weight excluding hydrogens is 405 g/mol. The lowest BCUT2D eigenvalue weighted by Gasteiger charge is -2.19. The molecule has 0 heterocycles. The SMILES string of the molecule is COC(=O)C(Nc1ccc(Br)cc1)c1ccc(Br)cc1F. The number of hydrogen-bond acceptors (Lipinski definition) is 3. The average molecular weight is 417 g/mol. The monoisotopic (exact) mass is 415 g/mol. The lowest BCUT2D eigenvalue weighted by atomic mass is 10.1. The molecule has 21 heavy (non-hydrogen) atoms. The summed E-state index contributed by atoms with van der Waals surface area (Å²) in [5.41, 5.74) is 0.920. The highest BCUT2D eigenvalue weighted by molar-refractivity contribution is 9.10. The molecule has 0 aliphatic carbocycles. The summed E-state index contributed by atoms with van der Waals surface area (Å²) in [6.07, 6.45) is 0. The molecule has 0 saturated heterocycles. The van der Waals surface area contributed by atoms with Gasteiger partial charge in [0.25, 0.3) is 0 Å². The Morgan fingerprint density at radius 2 is 1.76 bits per heavy atom. The van der Waals surface area contributed by atoms with Crippen LogP contribution < -0.4 is 5.32 Å². The Morgan fingerprint density at radius 3 is 2.33 bits per heavy atom. The van der Waals surface area contributed by atoms with Crippen LogP contribution in [0, 0.1) is 5.82 Å². The third-order valence-electron chi connectivity index (χ3n) is 2.87. The van der Waals surface area contributed by atoms with E-state index in [4.69, 9.17) is 4.74 Å². The Kier molecular flexibility index (Phi) is 5.36. The zero-order valence-electron chi connectivity index (χ0n) is 11.1. The quantitative estimate of drug-likeness (QED) is 0.735. The van der Waals surface area contributed by atoms with Gasteiger partial charge in [-0.1, -0.05) is 37.9 Å². The van der Waals surface area contributed by atoms with Gasteiger partial charge in [0.2, 0.25) is 0 Å². The normalized spacial score (nSPS) is 11.8. The highest BCUT2D eigenvalue weighted by Gasteiger charge is 2.24. The van der Waals surface area contributed by atoms with Crippen LogP contribution in [0.25, 0.3) is 0 Å². The zero-order chi connectivity index (χ0) is 15.4. The molecule has 0 saturated carbocycles. The Morgan fingerprint density at radius 1 is 1.14 bits per heavy atom. The summed E-state index contributed by atoms with van der Waals surface area (Å²) >= 11 is 6.53. The van der Waals surface area contributed by atoms with E-state index in [1.807, 2.05) is 12.1 Å². The Hall–Kier alpha value is -1.40. The van der Waals surface area contributed by atoms with Crippen LogP contribution in [0.1, 0.15) is 11.6 Å². The van der Waals surface area contributed by atoms with Crippen LogP contribution in [0.4, 0.5) is 10.1 Å². The molecule has 0 bridgehead atoms. The first-order valence-corrected chi connectivity index (χ1v) is 7.64. The molecule has 0 aliphatic heterocycles. The number of esters is 1. The molecule has 0 amide bonds. The van der Waals surface area contributed by atoms with E-state index < -0.39 is 17.8 Å². The summed E-state index contributed by atoms with van der Waals surface area (Å²) in [6, 6.07) is 10.9. The molecule has 0 radical (unpaired) electrons. The van der Waals surface area contributed by atoms with E-state index in [0.717, 1.165) is 4.47 Å². The summed E-state index contributed by atoms with van der Waals surface area (Å²) in [5.74, 6) is -1.04. The predicted molar refractivity (Wildman–Crippen MR) is 86.6 cm³/mol. The second kappa shape index (κ2) is 7.04. The van der Waals surface area contributed by atoms with E-state index in [1.54, 1.807) is 24.3 Å². The van der Waals surface area contributed by atoms with E-state index >= 15 is 0 Å². The maximum Gasteiger partial charge on any atom is 0.333 e. The second-order valence-electron chi connectivity index (χ2n) is 4.27. The van der Waals surface area contributed by atoms with Gasteiger partial charge in [0.15, 0.2) is 6.04 Å². The maximum absolute atomic E-state index is 14.1. The molecule has 1 atom stereocenters. The van der Waals surface area contributed by atoms with Crippen LogP contribution >= 0.6 is 31.9 Å². The van der Waals surface area contributed by atoms with Crippen molar-refractivity contribution in [3.05, 3.63) is 62.8 Å². The lowest BCUT2D eigenvalue weighted by molar-refractivity contribution is -0.141. The average Bonchev–Trinajstić information content (AvgIpc) is 2.47. The van der Waals surface area contributed by atoms with Crippen LogP contribution in [-0.2, 0) is 9.53 Å². The van der Waals surface area contributed by atoms with Gasteiger partial charge >= 0.3 is 5.97 Å². The van der Waals surface area contributed by atoms with Crippen molar-refractivity contribution < 1.29 is 13.9 Å². The largest absolute Gasteiger partial charge is 0.467 e. The highest BCUT2D eigenvalue weighted by Crippen LogP contribution is 2.26. The first-order chi connectivity index (χ1) is 10.0. The van der Waals surface area contributed by atoms with Crippen molar-refractivity contribution in [2.24, 2.45) is 0 Å². The first-order valence-electron chi connectivity index (χ1n) is 6.06. The fraction of sp³-hybridized carbons (Fsp3) is 0.133. The topological polar surface area (TPSA) is 38.3 Å². The van der Waals surface area contributed by atoms with Gasteiger partial charge in [-0.25, -0.2) is 9.18 Å². The Balaban J connectivity index is 2.34. The van der Waals surface area contributed by atoms with Crippen molar-refractivity contribution in [3.8, 4) is 0 Å². The molecule has 110 valence electrons. The molecule has 6 heteroatoms. The number of methoxy groups -OCH3 is 1. The van der Waals surface area contributed by atoms with Crippen LogP contribution in [0.5, 0.6) is 0 Å². The summed E-state index contributed by atoms with van der Waals surface area (Å²) < 4.78 is 20.4. The lowest BCUT2D eigenvalue weighted by Crippen LogP contribution is -2.23.